The molecule has 0 atom stereocenters. The fourth-order valence-corrected chi connectivity index (χ4v) is 2.73. The van der Waals surface area contributed by atoms with Crippen molar-refractivity contribution < 1.29 is 4.79 Å². The van der Waals surface area contributed by atoms with Gasteiger partial charge in [-0.2, -0.15) is 5.26 Å². The quantitative estimate of drug-likeness (QED) is 0.896. The molecule has 5 heteroatoms. The Balaban J connectivity index is 2.38. The zero-order chi connectivity index (χ0) is 15.2. The smallest absolute Gasteiger partial charge is 0.239 e. The van der Waals surface area contributed by atoms with Crippen LogP contribution in [0.15, 0.2) is 6.07 Å². The standard InChI is InChI=1S/C16H22N4O/c1-3-8-20(11-15(21)18-2)16-13(10-17)9-12-6-4-5-7-14(12)19-16/h9H,3-8,11H2,1-2H3,(H,18,21). The molecule has 1 N–H and O–H groups in total. The van der Waals surface area contributed by atoms with Crippen molar-refractivity contribution in [2.75, 3.05) is 25.0 Å². The van der Waals surface area contributed by atoms with Gasteiger partial charge in [0.25, 0.3) is 0 Å². The summed E-state index contributed by atoms with van der Waals surface area (Å²) in [5.74, 6) is 0.593. The molecule has 1 aliphatic carbocycles. The van der Waals surface area contributed by atoms with E-state index in [9.17, 15) is 10.1 Å². The third-order valence-electron chi connectivity index (χ3n) is 3.81. The number of hydrogen-bond acceptors (Lipinski definition) is 4. The van der Waals surface area contributed by atoms with Crippen LogP contribution < -0.4 is 10.2 Å². The highest BCUT2D eigenvalue weighted by Gasteiger charge is 2.20. The minimum atomic E-state index is -0.0631. The molecule has 2 rings (SSSR count). The predicted molar refractivity (Wildman–Crippen MR) is 82.2 cm³/mol. The Morgan fingerprint density at radius 1 is 1.48 bits per heavy atom. The molecule has 1 heterocycles. The summed E-state index contributed by atoms with van der Waals surface area (Å²) in [5.41, 5.74) is 2.86. The molecular weight excluding hydrogens is 264 g/mol. The normalized spacial score (nSPS) is 13.2. The lowest BCUT2D eigenvalue weighted by Crippen LogP contribution is -2.37. The molecule has 0 aromatic carbocycles. The Kier molecular flexibility index (Phi) is 5.15. The van der Waals surface area contributed by atoms with Crippen LogP contribution >= 0.6 is 0 Å². The molecular formula is C16H22N4O. The molecule has 0 radical (unpaired) electrons. The number of likely N-dealkylation sites (N-methyl/N-ethyl adjacent to an activating group) is 1. The molecule has 112 valence electrons. The summed E-state index contributed by atoms with van der Waals surface area (Å²) < 4.78 is 0. The molecule has 0 unspecified atom stereocenters. The van der Waals surface area contributed by atoms with Crippen LogP contribution in [0.25, 0.3) is 0 Å². The van der Waals surface area contributed by atoms with Gasteiger partial charge in [0.1, 0.15) is 11.9 Å². The van der Waals surface area contributed by atoms with Crippen LogP contribution in [-0.2, 0) is 17.6 Å². The van der Waals surface area contributed by atoms with Crippen molar-refractivity contribution in [3.8, 4) is 6.07 Å². The summed E-state index contributed by atoms with van der Waals surface area (Å²) in [5, 5.41) is 12.0. The van der Waals surface area contributed by atoms with E-state index in [1.807, 2.05) is 11.0 Å². The number of fused-ring (bicyclic) bond motifs is 1. The zero-order valence-corrected chi connectivity index (χ0v) is 12.8. The number of anilines is 1. The van der Waals surface area contributed by atoms with Crippen LogP contribution in [0.1, 0.15) is 43.0 Å². The van der Waals surface area contributed by atoms with Gasteiger partial charge in [-0.3, -0.25) is 4.79 Å². The number of carbonyl (C=O) groups is 1. The van der Waals surface area contributed by atoms with Crippen molar-refractivity contribution in [1.29, 1.82) is 5.26 Å². The summed E-state index contributed by atoms with van der Waals surface area (Å²) in [6.07, 6.45) is 5.18. The maximum absolute atomic E-state index is 11.7. The second kappa shape index (κ2) is 7.07. The number of aromatic nitrogens is 1. The van der Waals surface area contributed by atoms with Gasteiger partial charge in [0.2, 0.25) is 5.91 Å². The predicted octanol–water partition coefficient (Wildman–Crippen LogP) is 1.79. The molecule has 5 nitrogen and oxygen atoms in total. The first-order valence-corrected chi connectivity index (χ1v) is 7.58. The number of nitriles is 1. The van der Waals surface area contributed by atoms with E-state index in [0.717, 1.165) is 37.8 Å². The van der Waals surface area contributed by atoms with Gasteiger partial charge in [-0.25, -0.2) is 4.98 Å². The molecule has 0 fully saturated rings. The van der Waals surface area contributed by atoms with E-state index in [1.54, 1.807) is 7.05 Å². The summed E-state index contributed by atoms with van der Waals surface area (Å²) in [6.45, 7) is 3.01. The Morgan fingerprint density at radius 3 is 2.90 bits per heavy atom. The average molecular weight is 286 g/mol. The van der Waals surface area contributed by atoms with Crippen molar-refractivity contribution in [2.45, 2.75) is 39.0 Å². The maximum Gasteiger partial charge on any atom is 0.239 e. The minimum absolute atomic E-state index is 0.0631. The van der Waals surface area contributed by atoms with Crippen LogP contribution in [0.2, 0.25) is 0 Å². The third kappa shape index (κ3) is 3.52. The van der Waals surface area contributed by atoms with E-state index in [2.05, 4.69) is 18.3 Å². The summed E-state index contributed by atoms with van der Waals surface area (Å²) >= 11 is 0. The first-order valence-electron chi connectivity index (χ1n) is 7.58. The monoisotopic (exact) mass is 286 g/mol. The highest BCUT2D eigenvalue weighted by atomic mass is 16.1. The molecule has 1 aromatic heterocycles. The summed E-state index contributed by atoms with van der Waals surface area (Å²) in [4.78, 5) is 18.3. The Hall–Kier alpha value is -2.09. The second-order valence-electron chi connectivity index (χ2n) is 5.38. The van der Waals surface area contributed by atoms with E-state index < -0.39 is 0 Å². The van der Waals surface area contributed by atoms with E-state index in [-0.39, 0.29) is 12.5 Å². The van der Waals surface area contributed by atoms with Gasteiger partial charge in [-0.15, -0.1) is 0 Å². The van der Waals surface area contributed by atoms with Gasteiger partial charge in [-0.1, -0.05) is 6.92 Å². The average Bonchev–Trinajstić information content (AvgIpc) is 2.52. The van der Waals surface area contributed by atoms with Crippen molar-refractivity contribution in [2.24, 2.45) is 0 Å². The molecule has 21 heavy (non-hydrogen) atoms. The summed E-state index contributed by atoms with van der Waals surface area (Å²) in [6, 6.07) is 4.20. The third-order valence-corrected chi connectivity index (χ3v) is 3.81. The number of nitrogens with one attached hydrogen (secondary N) is 1. The van der Waals surface area contributed by atoms with Gasteiger partial charge in [0.15, 0.2) is 0 Å². The molecule has 0 bridgehead atoms. The SMILES string of the molecule is CCCN(CC(=O)NC)c1nc2c(cc1C#N)CCCC2. The van der Waals surface area contributed by atoms with Gasteiger partial charge in [0.05, 0.1) is 12.1 Å². The lowest BCUT2D eigenvalue weighted by atomic mass is 9.95. The van der Waals surface area contributed by atoms with E-state index in [1.165, 1.54) is 5.56 Å². The van der Waals surface area contributed by atoms with Crippen LogP contribution in [0.5, 0.6) is 0 Å². The van der Waals surface area contributed by atoms with Gasteiger partial charge < -0.3 is 10.2 Å². The molecule has 1 aliphatic rings. The molecule has 1 amide bonds. The Bertz CT molecular complexity index is 562. The second-order valence-corrected chi connectivity index (χ2v) is 5.38. The maximum atomic E-state index is 11.7. The van der Waals surface area contributed by atoms with Gasteiger partial charge >= 0.3 is 0 Å². The molecule has 0 saturated carbocycles. The zero-order valence-electron chi connectivity index (χ0n) is 12.8. The lowest BCUT2D eigenvalue weighted by molar-refractivity contribution is -0.119. The number of rotatable bonds is 5. The van der Waals surface area contributed by atoms with E-state index >= 15 is 0 Å². The van der Waals surface area contributed by atoms with E-state index in [4.69, 9.17) is 4.98 Å². The minimum Gasteiger partial charge on any atom is -0.358 e. The Morgan fingerprint density at radius 2 is 2.24 bits per heavy atom. The van der Waals surface area contributed by atoms with Crippen LogP contribution in [0.4, 0.5) is 5.82 Å². The van der Waals surface area contributed by atoms with Crippen molar-refractivity contribution in [1.82, 2.24) is 10.3 Å². The van der Waals surface area contributed by atoms with Gasteiger partial charge in [-0.05, 0) is 43.7 Å². The van der Waals surface area contributed by atoms with E-state index in [0.29, 0.717) is 17.9 Å². The molecule has 0 spiro atoms. The largest absolute Gasteiger partial charge is 0.358 e. The van der Waals surface area contributed by atoms with Crippen LogP contribution in [0, 0.1) is 11.3 Å². The number of nitrogens with zero attached hydrogens (tertiary/aromatic N) is 3. The fraction of sp³-hybridized carbons (Fsp3) is 0.562. The van der Waals surface area contributed by atoms with Crippen molar-refractivity contribution in [3.63, 3.8) is 0 Å². The number of aryl methyl sites for hydroxylation is 2. The number of amides is 1. The van der Waals surface area contributed by atoms with Crippen molar-refractivity contribution >= 4 is 11.7 Å². The number of hydrogen-bond donors (Lipinski definition) is 1. The highest BCUT2D eigenvalue weighted by molar-refractivity contribution is 5.81. The number of pyridine rings is 1. The first-order chi connectivity index (χ1) is 10.2. The lowest BCUT2D eigenvalue weighted by Gasteiger charge is -2.25. The highest BCUT2D eigenvalue weighted by Crippen LogP contribution is 2.26. The fourth-order valence-electron chi connectivity index (χ4n) is 2.73. The van der Waals surface area contributed by atoms with Gasteiger partial charge in [0, 0.05) is 19.3 Å². The molecule has 0 saturated heterocycles. The Labute approximate surface area is 126 Å². The topological polar surface area (TPSA) is 69.0 Å². The van der Waals surface area contributed by atoms with Crippen molar-refractivity contribution in [3.05, 3.63) is 22.9 Å². The molecule has 0 aliphatic heterocycles. The van der Waals surface area contributed by atoms with Crippen LogP contribution in [-0.4, -0.2) is 31.0 Å². The number of carbonyl (C=O) groups excluding carboxylic acids is 1. The summed E-state index contributed by atoms with van der Waals surface area (Å²) in [7, 11) is 1.62. The van der Waals surface area contributed by atoms with Crippen LogP contribution in [0.3, 0.4) is 0 Å². The first kappa shape index (κ1) is 15.3. The molecule has 1 aromatic rings.